The van der Waals surface area contributed by atoms with Crippen LogP contribution in [0.15, 0.2) is 36.4 Å². The first-order chi connectivity index (χ1) is 13.5. The maximum Gasteiger partial charge on any atom is 0.272 e. The van der Waals surface area contributed by atoms with E-state index in [0.29, 0.717) is 11.5 Å². The number of rotatable bonds is 6. The van der Waals surface area contributed by atoms with Gasteiger partial charge in [0.15, 0.2) is 0 Å². The van der Waals surface area contributed by atoms with E-state index < -0.39 is 0 Å². The van der Waals surface area contributed by atoms with E-state index in [-0.39, 0.29) is 11.9 Å². The second-order valence-electron chi connectivity index (χ2n) is 7.59. The Morgan fingerprint density at radius 1 is 1.11 bits per heavy atom. The van der Waals surface area contributed by atoms with Gasteiger partial charge in [0.1, 0.15) is 17.3 Å². The normalized spacial score (nSPS) is 15.1. The minimum Gasteiger partial charge on any atom is -0.350 e. The summed E-state index contributed by atoms with van der Waals surface area (Å²) in [6.07, 6.45) is 0. The van der Waals surface area contributed by atoms with Gasteiger partial charge in [-0.1, -0.05) is 37.3 Å². The van der Waals surface area contributed by atoms with Crippen molar-refractivity contribution in [3.8, 4) is 0 Å². The third-order valence-electron chi connectivity index (χ3n) is 5.26. The zero-order valence-corrected chi connectivity index (χ0v) is 17.4. The SMILES string of the molecule is CCN1CCN(C(=O)c2cc(N(Cc3ccccc3)C(C)C)nc(C)n2)CC1. The molecule has 0 spiro atoms. The van der Waals surface area contributed by atoms with Crippen LogP contribution in [0, 0.1) is 6.92 Å². The zero-order valence-electron chi connectivity index (χ0n) is 17.4. The number of likely N-dealkylation sites (N-methyl/N-ethyl adjacent to an activating group) is 1. The van der Waals surface area contributed by atoms with Crippen molar-refractivity contribution in [1.29, 1.82) is 0 Å². The fraction of sp³-hybridized carbons (Fsp3) is 0.500. The summed E-state index contributed by atoms with van der Waals surface area (Å²) in [7, 11) is 0. The molecule has 1 fully saturated rings. The van der Waals surface area contributed by atoms with Crippen LogP contribution in [-0.2, 0) is 6.54 Å². The summed E-state index contributed by atoms with van der Waals surface area (Å²) >= 11 is 0. The fourth-order valence-electron chi connectivity index (χ4n) is 3.55. The Morgan fingerprint density at radius 3 is 2.39 bits per heavy atom. The molecule has 6 heteroatoms. The van der Waals surface area contributed by atoms with Gasteiger partial charge < -0.3 is 14.7 Å². The molecule has 2 aromatic rings. The largest absolute Gasteiger partial charge is 0.350 e. The summed E-state index contributed by atoms with van der Waals surface area (Å²) in [4.78, 5) is 28.6. The van der Waals surface area contributed by atoms with Crippen LogP contribution >= 0.6 is 0 Å². The van der Waals surface area contributed by atoms with E-state index in [0.717, 1.165) is 45.1 Å². The fourth-order valence-corrected chi connectivity index (χ4v) is 3.55. The molecule has 1 saturated heterocycles. The monoisotopic (exact) mass is 381 g/mol. The molecular formula is C22H31N5O. The highest BCUT2D eigenvalue weighted by Crippen LogP contribution is 2.20. The number of piperazine rings is 1. The molecule has 0 radical (unpaired) electrons. The lowest BCUT2D eigenvalue weighted by Crippen LogP contribution is -2.48. The van der Waals surface area contributed by atoms with Gasteiger partial charge in [-0.2, -0.15) is 0 Å². The standard InChI is InChI=1S/C22H31N5O/c1-5-25-11-13-26(14-12-25)22(28)20-15-21(24-18(4)23-20)27(17(2)3)16-19-9-7-6-8-10-19/h6-10,15,17H,5,11-14,16H2,1-4H3. The molecule has 2 heterocycles. The lowest BCUT2D eigenvalue weighted by molar-refractivity contribution is 0.0637. The highest BCUT2D eigenvalue weighted by atomic mass is 16.2. The summed E-state index contributed by atoms with van der Waals surface area (Å²) in [5, 5.41) is 0. The van der Waals surface area contributed by atoms with Crippen molar-refractivity contribution >= 4 is 11.7 Å². The second kappa shape index (κ2) is 9.15. The molecule has 1 amide bonds. The number of aromatic nitrogens is 2. The van der Waals surface area contributed by atoms with Crippen molar-refractivity contribution in [2.24, 2.45) is 0 Å². The van der Waals surface area contributed by atoms with Crippen molar-refractivity contribution in [3.63, 3.8) is 0 Å². The molecule has 0 unspecified atom stereocenters. The summed E-state index contributed by atoms with van der Waals surface area (Å²) < 4.78 is 0. The van der Waals surface area contributed by atoms with E-state index in [4.69, 9.17) is 0 Å². The van der Waals surface area contributed by atoms with Crippen LogP contribution in [0.25, 0.3) is 0 Å². The van der Waals surface area contributed by atoms with Crippen molar-refractivity contribution in [2.45, 2.75) is 40.3 Å². The predicted molar refractivity (Wildman–Crippen MR) is 113 cm³/mol. The Morgan fingerprint density at radius 2 is 1.79 bits per heavy atom. The first kappa shape index (κ1) is 20.3. The molecule has 1 aromatic carbocycles. The van der Waals surface area contributed by atoms with Crippen LogP contribution in [0.1, 0.15) is 42.6 Å². The molecular weight excluding hydrogens is 350 g/mol. The molecule has 0 atom stereocenters. The summed E-state index contributed by atoms with van der Waals surface area (Å²) in [6, 6.07) is 12.4. The number of carbonyl (C=O) groups excluding carboxylic acids is 1. The van der Waals surface area contributed by atoms with Gasteiger partial charge >= 0.3 is 0 Å². The maximum absolute atomic E-state index is 13.0. The third-order valence-corrected chi connectivity index (χ3v) is 5.26. The molecule has 1 aliphatic rings. The van der Waals surface area contributed by atoms with Crippen LogP contribution < -0.4 is 4.90 Å². The maximum atomic E-state index is 13.0. The summed E-state index contributed by atoms with van der Waals surface area (Å²) in [5.41, 5.74) is 1.71. The Kier molecular flexibility index (Phi) is 6.62. The van der Waals surface area contributed by atoms with Gasteiger partial charge in [-0.15, -0.1) is 0 Å². The van der Waals surface area contributed by atoms with Gasteiger partial charge in [0, 0.05) is 44.8 Å². The number of hydrogen-bond acceptors (Lipinski definition) is 5. The van der Waals surface area contributed by atoms with Crippen molar-refractivity contribution in [2.75, 3.05) is 37.6 Å². The van der Waals surface area contributed by atoms with Gasteiger partial charge in [0.05, 0.1) is 0 Å². The summed E-state index contributed by atoms with van der Waals surface area (Å²) in [6.45, 7) is 13.4. The molecule has 150 valence electrons. The predicted octanol–water partition coefficient (Wildman–Crippen LogP) is 2.98. The molecule has 0 aliphatic carbocycles. The molecule has 1 aliphatic heterocycles. The number of nitrogens with zero attached hydrogens (tertiary/aromatic N) is 5. The third kappa shape index (κ3) is 4.87. The average Bonchev–Trinajstić information content (AvgIpc) is 2.71. The van der Waals surface area contributed by atoms with Crippen LogP contribution in [0.2, 0.25) is 0 Å². The van der Waals surface area contributed by atoms with Gasteiger partial charge in [-0.3, -0.25) is 4.79 Å². The van der Waals surface area contributed by atoms with E-state index in [2.05, 4.69) is 52.7 Å². The van der Waals surface area contributed by atoms with E-state index >= 15 is 0 Å². The van der Waals surface area contributed by atoms with E-state index in [9.17, 15) is 4.79 Å². The first-order valence-electron chi connectivity index (χ1n) is 10.2. The number of amides is 1. The molecule has 28 heavy (non-hydrogen) atoms. The van der Waals surface area contributed by atoms with E-state index in [1.165, 1.54) is 5.56 Å². The van der Waals surface area contributed by atoms with Crippen molar-refractivity contribution in [3.05, 3.63) is 53.5 Å². The molecule has 0 saturated carbocycles. The zero-order chi connectivity index (χ0) is 20.1. The van der Waals surface area contributed by atoms with E-state index in [1.807, 2.05) is 36.1 Å². The second-order valence-corrected chi connectivity index (χ2v) is 7.59. The van der Waals surface area contributed by atoms with Crippen molar-refractivity contribution in [1.82, 2.24) is 19.8 Å². The Bertz CT molecular complexity index is 785. The quantitative estimate of drug-likeness (QED) is 0.770. The minimum atomic E-state index is 0.00548. The molecule has 0 bridgehead atoms. The number of aryl methyl sites for hydroxylation is 1. The number of benzene rings is 1. The van der Waals surface area contributed by atoms with Crippen LogP contribution in [0.5, 0.6) is 0 Å². The Labute approximate surface area is 168 Å². The van der Waals surface area contributed by atoms with Gasteiger partial charge in [0.25, 0.3) is 5.91 Å². The van der Waals surface area contributed by atoms with Crippen LogP contribution in [-0.4, -0.2) is 64.4 Å². The molecule has 3 rings (SSSR count). The molecule has 6 nitrogen and oxygen atoms in total. The number of hydrogen-bond donors (Lipinski definition) is 0. The highest BCUT2D eigenvalue weighted by Gasteiger charge is 2.24. The van der Waals surface area contributed by atoms with Crippen molar-refractivity contribution < 1.29 is 4.79 Å². The highest BCUT2D eigenvalue weighted by molar-refractivity contribution is 5.93. The average molecular weight is 382 g/mol. The number of anilines is 1. The van der Waals surface area contributed by atoms with Gasteiger partial charge in [-0.05, 0) is 32.9 Å². The first-order valence-corrected chi connectivity index (χ1v) is 10.2. The van der Waals surface area contributed by atoms with E-state index in [1.54, 1.807) is 0 Å². The summed E-state index contributed by atoms with van der Waals surface area (Å²) in [5.74, 6) is 1.44. The molecule has 0 N–H and O–H groups in total. The lowest BCUT2D eigenvalue weighted by atomic mass is 10.2. The van der Waals surface area contributed by atoms with Gasteiger partial charge in [0.2, 0.25) is 0 Å². The van der Waals surface area contributed by atoms with Crippen LogP contribution in [0.3, 0.4) is 0 Å². The smallest absolute Gasteiger partial charge is 0.272 e. The topological polar surface area (TPSA) is 52.6 Å². The Hall–Kier alpha value is -2.47. The molecule has 1 aromatic heterocycles. The number of carbonyl (C=O) groups is 1. The lowest BCUT2D eigenvalue weighted by Gasteiger charge is -2.34. The van der Waals surface area contributed by atoms with Crippen LogP contribution in [0.4, 0.5) is 5.82 Å². The minimum absolute atomic E-state index is 0.00548. The Balaban J connectivity index is 1.82. The van der Waals surface area contributed by atoms with Gasteiger partial charge in [-0.25, -0.2) is 9.97 Å².